The number of aromatic nitrogens is 2. The zero-order chi connectivity index (χ0) is 11.2. The molecule has 0 fully saturated rings. The van der Waals surface area contributed by atoms with E-state index >= 15 is 0 Å². The third-order valence-electron chi connectivity index (χ3n) is 2.10. The number of benzene rings is 1. The van der Waals surface area contributed by atoms with Crippen LogP contribution in [0.2, 0.25) is 0 Å². The van der Waals surface area contributed by atoms with Gasteiger partial charge in [-0.2, -0.15) is 16.9 Å². The fourth-order valence-corrected chi connectivity index (χ4v) is 2.20. The normalized spacial score (nSPS) is 10.2. The molecule has 1 aromatic carbocycles. The quantitative estimate of drug-likeness (QED) is 0.879. The van der Waals surface area contributed by atoms with Crippen molar-refractivity contribution in [3.63, 3.8) is 0 Å². The van der Waals surface area contributed by atoms with Crippen molar-refractivity contribution in [2.24, 2.45) is 0 Å². The lowest BCUT2D eigenvalue weighted by molar-refractivity contribution is 0.938. The maximum atomic E-state index is 10.8. The summed E-state index contributed by atoms with van der Waals surface area (Å²) < 4.78 is 0. The smallest absolute Gasteiger partial charge is 0.264 e. The van der Waals surface area contributed by atoms with Gasteiger partial charge >= 0.3 is 0 Å². The van der Waals surface area contributed by atoms with Gasteiger partial charge in [0.05, 0.1) is 5.69 Å². The van der Waals surface area contributed by atoms with E-state index in [1.807, 2.05) is 18.2 Å². The molecule has 0 amide bonds. The molecule has 82 valence electrons. The topological polar surface area (TPSA) is 45.8 Å². The standard InChI is InChI=1S/C12H12N2OS/c15-12-7-6-11(13-14-12)9-16-8-10-4-2-1-3-5-10/h1-7H,8-9H2,(H,14,15). The van der Waals surface area contributed by atoms with Gasteiger partial charge in [0.2, 0.25) is 0 Å². The molecular weight excluding hydrogens is 220 g/mol. The summed E-state index contributed by atoms with van der Waals surface area (Å²) in [6, 6.07) is 13.6. The van der Waals surface area contributed by atoms with Gasteiger partial charge < -0.3 is 0 Å². The Morgan fingerprint density at radius 3 is 2.56 bits per heavy atom. The van der Waals surface area contributed by atoms with Crippen molar-refractivity contribution in [1.29, 1.82) is 0 Å². The summed E-state index contributed by atoms with van der Waals surface area (Å²) in [6.07, 6.45) is 0. The van der Waals surface area contributed by atoms with Crippen LogP contribution in [0.3, 0.4) is 0 Å². The van der Waals surface area contributed by atoms with E-state index in [0.29, 0.717) is 0 Å². The number of nitrogens with zero attached hydrogens (tertiary/aromatic N) is 1. The Kier molecular flexibility index (Phi) is 3.77. The van der Waals surface area contributed by atoms with E-state index in [1.165, 1.54) is 11.6 Å². The van der Waals surface area contributed by atoms with Gasteiger partial charge in [0.25, 0.3) is 5.56 Å². The van der Waals surface area contributed by atoms with Gasteiger partial charge in [0.15, 0.2) is 0 Å². The molecule has 0 bridgehead atoms. The fraction of sp³-hybridized carbons (Fsp3) is 0.167. The Balaban J connectivity index is 1.84. The molecule has 0 aliphatic carbocycles. The van der Waals surface area contributed by atoms with Crippen LogP contribution in [0.1, 0.15) is 11.3 Å². The van der Waals surface area contributed by atoms with Crippen molar-refractivity contribution < 1.29 is 0 Å². The fourth-order valence-electron chi connectivity index (χ4n) is 1.30. The van der Waals surface area contributed by atoms with Gasteiger partial charge in [-0.1, -0.05) is 30.3 Å². The van der Waals surface area contributed by atoms with Gasteiger partial charge in [-0.15, -0.1) is 0 Å². The van der Waals surface area contributed by atoms with E-state index in [1.54, 1.807) is 17.8 Å². The van der Waals surface area contributed by atoms with Crippen LogP contribution < -0.4 is 5.56 Å². The van der Waals surface area contributed by atoms with Gasteiger partial charge in [-0.05, 0) is 11.6 Å². The van der Waals surface area contributed by atoms with Crippen LogP contribution in [-0.4, -0.2) is 10.2 Å². The molecule has 0 unspecified atom stereocenters. The van der Waals surface area contributed by atoms with Crippen LogP contribution in [-0.2, 0) is 11.5 Å². The maximum absolute atomic E-state index is 10.8. The number of thioether (sulfide) groups is 1. The lowest BCUT2D eigenvalue weighted by atomic mass is 10.2. The first-order valence-electron chi connectivity index (χ1n) is 5.01. The molecule has 0 saturated carbocycles. The van der Waals surface area contributed by atoms with Crippen LogP contribution in [0.5, 0.6) is 0 Å². The molecule has 0 saturated heterocycles. The molecule has 0 atom stereocenters. The Bertz CT molecular complexity index is 475. The first kappa shape index (κ1) is 11.0. The Hall–Kier alpha value is -1.55. The monoisotopic (exact) mass is 232 g/mol. The van der Waals surface area contributed by atoms with Crippen LogP contribution in [0.15, 0.2) is 47.3 Å². The molecule has 1 aromatic heterocycles. The number of nitrogens with one attached hydrogen (secondary N) is 1. The van der Waals surface area contributed by atoms with Crippen LogP contribution in [0, 0.1) is 0 Å². The zero-order valence-corrected chi connectivity index (χ0v) is 9.54. The third kappa shape index (κ3) is 3.24. The number of hydrogen-bond acceptors (Lipinski definition) is 3. The van der Waals surface area contributed by atoms with Crippen molar-refractivity contribution in [3.8, 4) is 0 Å². The minimum absolute atomic E-state index is 0.156. The number of aromatic amines is 1. The molecule has 3 nitrogen and oxygen atoms in total. The highest BCUT2D eigenvalue weighted by Crippen LogP contribution is 2.15. The van der Waals surface area contributed by atoms with Crippen molar-refractivity contribution in [1.82, 2.24) is 10.2 Å². The largest absolute Gasteiger partial charge is 0.268 e. The molecule has 0 spiro atoms. The highest BCUT2D eigenvalue weighted by molar-refractivity contribution is 7.97. The van der Waals surface area contributed by atoms with E-state index in [-0.39, 0.29) is 5.56 Å². The average molecular weight is 232 g/mol. The van der Waals surface area contributed by atoms with Gasteiger partial charge in [-0.3, -0.25) is 4.79 Å². The molecule has 4 heteroatoms. The van der Waals surface area contributed by atoms with E-state index < -0.39 is 0 Å². The van der Waals surface area contributed by atoms with Crippen LogP contribution in [0.4, 0.5) is 0 Å². The van der Waals surface area contributed by atoms with E-state index in [4.69, 9.17) is 0 Å². The Labute approximate surface area is 97.9 Å². The van der Waals surface area contributed by atoms with E-state index in [0.717, 1.165) is 17.2 Å². The van der Waals surface area contributed by atoms with E-state index in [2.05, 4.69) is 22.3 Å². The summed E-state index contributed by atoms with van der Waals surface area (Å²) in [5.41, 5.74) is 2.05. The predicted octanol–water partition coefficient (Wildman–Crippen LogP) is 2.20. The number of rotatable bonds is 4. The predicted molar refractivity (Wildman–Crippen MR) is 66.3 cm³/mol. The van der Waals surface area contributed by atoms with Gasteiger partial charge in [0, 0.05) is 17.6 Å². The molecule has 0 aliphatic heterocycles. The minimum Gasteiger partial charge on any atom is -0.268 e. The highest BCUT2D eigenvalue weighted by Gasteiger charge is 1.96. The summed E-state index contributed by atoms with van der Waals surface area (Å²) in [5.74, 6) is 1.77. The summed E-state index contributed by atoms with van der Waals surface area (Å²) in [4.78, 5) is 10.8. The summed E-state index contributed by atoms with van der Waals surface area (Å²) >= 11 is 1.78. The zero-order valence-electron chi connectivity index (χ0n) is 8.72. The second-order valence-electron chi connectivity index (χ2n) is 3.39. The molecule has 1 heterocycles. The average Bonchev–Trinajstić information content (AvgIpc) is 2.33. The Morgan fingerprint density at radius 2 is 1.88 bits per heavy atom. The van der Waals surface area contributed by atoms with Crippen molar-refractivity contribution in [2.45, 2.75) is 11.5 Å². The van der Waals surface area contributed by atoms with Gasteiger partial charge in [-0.25, -0.2) is 5.10 Å². The van der Waals surface area contributed by atoms with Crippen molar-refractivity contribution in [2.75, 3.05) is 0 Å². The SMILES string of the molecule is O=c1ccc(CSCc2ccccc2)n[nH]1. The first-order chi connectivity index (χ1) is 7.84. The lowest BCUT2D eigenvalue weighted by Gasteiger charge is -2.00. The molecule has 2 aromatic rings. The molecule has 0 radical (unpaired) electrons. The lowest BCUT2D eigenvalue weighted by Crippen LogP contribution is -2.06. The summed E-state index contributed by atoms with van der Waals surface area (Å²) in [7, 11) is 0. The summed E-state index contributed by atoms with van der Waals surface area (Å²) in [5, 5.41) is 6.38. The Morgan fingerprint density at radius 1 is 1.06 bits per heavy atom. The highest BCUT2D eigenvalue weighted by atomic mass is 32.2. The second kappa shape index (κ2) is 5.51. The molecule has 0 aliphatic rings. The van der Waals surface area contributed by atoms with E-state index in [9.17, 15) is 4.79 Å². The summed E-state index contributed by atoms with van der Waals surface area (Å²) in [6.45, 7) is 0. The number of H-pyrrole nitrogens is 1. The number of hydrogen-bond donors (Lipinski definition) is 1. The first-order valence-corrected chi connectivity index (χ1v) is 6.16. The van der Waals surface area contributed by atoms with Crippen molar-refractivity contribution in [3.05, 3.63) is 64.1 Å². The van der Waals surface area contributed by atoms with Crippen LogP contribution in [0.25, 0.3) is 0 Å². The second-order valence-corrected chi connectivity index (χ2v) is 4.38. The molecule has 1 N–H and O–H groups in total. The third-order valence-corrected chi connectivity index (χ3v) is 3.14. The molecular formula is C12H12N2OS. The molecule has 16 heavy (non-hydrogen) atoms. The molecule has 2 rings (SSSR count). The van der Waals surface area contributed by atoms with Crippen LogP contribution >= 0.6 is 11.8 Å². The maximum Gasteiger partial charge on any atom is 0.264 e. The minimum atomic E-state index is -0.156. The van der Waals surface area contributed by atoms with Crippen molar-refractivity contribution >= 4 is 11.8 Å². The van der Waals surface area contributed by atoms with Gasteiger partial charge in [0.1, 0.15) is 0 Å².